The number of hydrogen-bond acceptors (Lipinski definition) is 2. The molecule has 90 valence electrons. The number of hydrogen-bond donors (Lipinski definition) is 1. The molecule has 0 spiro atoms. The summed E-state index contributed by atoms with van der Waals surface area (Å²) < 4.78 is 12.1. The third-order valence-electron chi connectivity index (χ3n) is 2.84. The summed E-state index contributed by atoms with van der Waals surface area (Å²) in [5.74, 6) is -0.00240. The molecule has 0 aliphatic carbocycles. The molecule has 0 radical (unpaired) electrons. The number of nitrogens with one attached hydrogen (secondary N) is 1. The molecule has 0 atom stereocenters. The highest BCUT2D eigenvalue weighted by atomic mass is 32.1. The van der Waals surface area contributed by atoms with E-state index in [9.17, 15) is 4.53 Å². The lowest BCUT2D eigenvalue weighted by Gasteiger charge is -1.97. The monoisotopic (exact) mass is 259 g/mol. The maximum Gasteiger partial charge on any atom is 0.188 e. The van der Waals surface area contributed by atoms with Gasteiger partial charge in [0.15, 0.2) is 5.76 Å². The summed E-state index contributed by atoms with van der Waals surface area (Å²) in [5, 5.41) is 3.14. The van der Waals surface area contributed by atoms with Crippen LogP contribution in [0.25, 0.3) is 27.1 Å². The summed E-state index contributed by atoms with van der Waals surface area (Å²) >= 11 is 1.58. The molecule has 1 aromatic carbocycles. The Morgan fingerprint density at radius 1 is 1.28 bits per heavy atom. The van der Waals surface area contributed by atoms with Crippen molar-refractivity contribution in [3.8, 4) is 11.1 Å². The quantitative estimate of drug-likeness (QED) is 0.673. The van der Waals surface area contributed by atoms with E-state index in [1.807, 2.05) is 24.3 Å². The SMILES string of the molecule is C=C(OF)c1cc2c(-c3ccccc3)csc2[nH]1. The molecule has 18 heavy (non-hydrogen) atoms. The van der Waals surface area contributed by atoms with Gasteiger partial charge < -0.3 is 4.98 Å². The number of H-pyrrole nitrogens is 1. The van der Waals surface area contributed by atoms with Crippen LogP contribution in [0.4, 0.5) is 4.53 Å². The lowest BCUT2D eigenvalue weighted by molar-refractivity contribution is -0.0420. The standard InChI is InChI=1S/C14H10FNOS/c1-9(17-15)13-7-11-12(8-18-14(11)16-13)10-5-3-2-4-6-10/h2-8,16H,1H2. The minimum atomic E-state index is -0.00240. The van der Waals surface area contributed by atoms with E-state index in [0.717, 1.165) is 21.3 Å². The number of fused-ring (bicyclic) bond motifs is 1. The Hall–Kier alpha value is -2.07. The number of aromatic nitrogens is 1. The first-order valence-corrected chi connectivity index (χ1v) is 6.31. The normalized spacial score (nSPS) is 10.7. The molecule has 3 rings (SSSR count). The minimum absolute atomic E-state index is 0.00240. The van der Waals surface area contributed by atoms with Gasteiger partial charge in [0, 0.05) is 20.9 Å². The third kappa shape index (κ3) is 1.71. The van der Waals surface area contributed by atoms with Crippen molar-refractivity contribution in [2.24, 2.45) is 0 Å². The summed E-state index contributed by atoms with van der Waals surface area (Å²) in [5.41, 5.74) is 2.84. The summed E-state index contributed by atoms with van der Waals surface area (Å²) in [6.07, 6.45) is 0. The maximum atomic E-state index is 12.1. The second kappa shape index (κ2) is 4.31. The van der Waals surface area contributed by atoms with Gasteiger partial charge in [-0.15, -0.1) is 11.3 Å². The average Bonchev–Trinajstić information content (AvgIpc) is 2.98. The van der Waals surface area contributed by atoms with E-state index in [4.69, 9.17) is 0 Å². The molecule has 3 aromatic rings. The Morgan fingerprint density at radius 2 is 2.06 bits per heavy atom. The van der Waals surface area contributed by atoms with Gasteiger partial charge in [0.05, 0.1) is 5.69 Å². The molecule has 4 heteroatoms. The van der Waals surface area contributed by atoms with Crippen LogP contribution in [0, 0.1) is 0 Å². The first-order valence-electron chi connectivity index (χ1n) is 5.43. The van der Waals surface area contributed by atoms with Gasteiger partial charge in [-0.2, -0.15) is 0 Å². The van der Waals surface area contributed by atoms with Crippen LogP contribution < -0.4 is 0 Å². The highest BCUT2D eigenvalue weighted by molar-refractivity contribution is 7.17. The third-order valence-corrected chi connectivity index (χ3v) is 3.76. The molecule has 0 saturated carbocycles. The largest absolute Gasteiger partial charge is 0.344 e. The summed E-state index contributed by atoms with van der Waals surface area (Å²) in [4.78, 5) is 7.74. The van der Waals surface area contributed by atoms with Gasteiger partial charge in [-0.25, -0.2) is 0 Å². The molecule has 2 nitrogen and oxygen atoms in total. The van der Waals surface area contributed by atoms with Crippen LogP contribution in [0.15, 0.2) is 48.4 Å². The van der Waals surface area contributed by atoms with Crippen molar-refractivity contribution < 1.29 is 9.47 Å². The van der Waals surface area contributed by atoms with Gasteiger partial charge in [0.2, 0.25) is 0 Å². The van der Waals surface area contributed by atoms with Gasteiger partial charge in [0.1, 0.15) is 4.83 Å². The number of rotatable bonds is 3. The van der Waals surface area contributed by atoms with Crippen LogP contribution in [0.3, 0.4) is 0 Å². The summed E-state index contributed by atoms with van der Waals surface area (Å²) in [6.45, 7) is 3.50. The van der Waals surface area contributed by atoms with Gasteiger partial charge in [0.25, 0.3) is 0 Å². The molecule has 0 aliphatic heterocycles. The van der Waals surface area contributed by atoms with E-state index in [2.05, 4.69) is 34.0 Å². The van der Waals surface area contributed by atoms with Crippen LogP contribution in [0.5, 0.6) is 0 Å². The van der Waals surface area contributed by atoms with Crippen LogP contribution in [-0.2, 0) is 4.94 Å². The Balaban J connectivity index is 2.14. The zero-order valence-corrected chi connectivity index (χ0v) is 10.3. The van der Waals surface area contributed by atoms with E-state index in [1.54, 1.807) is 11.3 Å². The molecule has 0 unspecified atom stereocenters. The molecule has 0 aliphatic rings. The van der Waals surface area contributed by atoms with Crippen molar-refractivity contribution >= 4 is 27.3 Å². The van der Waals surface area contributed by atoms with Crippen LogP contribution in [-0.4, -0.2) is 4.98 Å². The molecular weight excluding hydrogens is 249 g/mol. The lowest BCUT2D eigenvalue weighted by Crippen LogP contribution is -1.80. The Morgan fingerprint density at radius 3 is 2.78 bits per heavy atom. The smallest absolute Gasteiger partial charge is 0.188 e. The summed E-state index contributed by atoms with van der Waals surface area (Å²) in [7, 11) is 0. The molecule has 0 saturated heterocycles. The van der Waals surface area contributed by atoms with Crippen LogP contribution in [0.1, 0.15) is 5.69 Å². The first-order chi connectivity index (χ1) is 8.79. The Bertz CT molecular complexity index is 699. The predicted octanol–water partition coefficient (Wildman–Crippen LogP) is 4.77. The van der Waals surface area contributed by atoms with Crippen molar-refractivity contribution in [3.05, 3.63) is 54.1 Å². The molecular formula is C14H10FNOS. The fourth-order valence-electron chi connectivity index (χ4n) is 1.94. The minimum Gasteiger partial charge on any atom is -0.344 e. The highest BCUT2D eigenvalue weighted by Crippen LogP contribution is 2.35. The Kier molecular flexibility index (Phi) is 2.64. The average molecular weight is 259 g/mol. The van der Waals surface area contributed by atoms with Gasteiger partial charge in [-0.1, -0.05) is 30.3 Å². The van der Waals surface area contributed by atoms with E-state index < -0.39 is 0 Å². The second-order valence-electron chi connectivity index (χ2n) is 3.94. The van der Waals surface area contributed by atoms with E-state index in [0.29, 0.717) is 5.69 Å². The number of benzene rings is 1. The van der Waals surface area contributed by atoms with Gasteiger partial charge in [-0.05, 0) is 18.2 Å². The van der Waals surface area contributed by atoms with E-state index in [1.165, 1.54) is 0 Å². The highest BCUT2D eigenvalue weighted by Gasteiger charge is 2.12. The molecule has 2 aromatic heterocycles. The van der Waals surface area contributed by atoms with Crippen LogP contribution in [0.2, 0.25) is 0 Å². The molecule has 0 amide bonds. The number of aromatic amines is 1. The topological polar surface area (TPSA) is 25.0 Å². The fraction of sp³-hybridized carbons (Fsp3) is 0. The van der Waals surface area contributed by atoms with Crippen molar-refractivity contribution in [2.75, 3.05) is 0 Å². The predicted molar refractivity (Wildman–Crippen MR) is 72.8 cm³/mol. The van der Waals surface area contributed by atoms with Crippen molar-refractivity contribution in [2.45, 2.75) is 0 Å². The van der Waals surface area contributed by atoms with Crippen molar-refractivity contribution in [1.82, 2.24) is 4.98 Å². The molecule has 0 bridgehead atoms. The fourth-order valence-corrected chi connectivity index (χ4v) is 2.91. The molecule has 2 heterocycles. The van der Waals surface area contributed by atoms with Crippen LogP contribution >= 0.6 is 11.3 Å². The van der Waals surface area contributed by atoms with Crippen molar-refractivity contribution in [3.63, 3.8) is 0 Å². The van der Waals surface area contributed by atoms with E-state index >= 15 is 0 Å². The van der Waals surface area contributed by atoms with E-state index in [-0.39, 0.29) is 5.76 Å². The van der Waals surface area contributed by atoms with Gasteiger partial charge >= 0.3 is 0 Å². The number of thiophene rings is 1. The lowest BCUT2D eigenvalue weighted by atomic mass is 10.1. The molecule has 0 fully saturated rings. The zero-order chi connectivity index (χ0) is 12.5. The molecule has 1 N–H and O–H groups in total. The number of halogens is 1. The Labute approximate surface area is 107 Å². The van der Waals surface area contributed by atoms with Crippen molar-refractivity contribution in [1.29, 1.82) is 0 Å². The maximum absolute atomic E-state index is 12.1. The first kappa shape index (κ1) is 11.0. The summed E-state index contributed by atoms with van der Waals surface area (Å²) in [6, 6.07) is 11.9. The second-order valence-corrected chi connectivity index (χ2v) is 4.82. The zero-order valence-electron chi connectivity index (χ0n) is 9.44. The van der Waals surface area contributed by atoms with Gasteiger partial charge in [-0.3, -0.25) is 4.94 Å².